The summed E-state index contributed by atoms with van der Waals surface area (Å²) in [5, 5.41) is 3.09. The molecule has 3 nitrogen and oxygen atoms in total. The first kappa shape index (κ1) is 11.6. The van der Waals surface area contributed by atoms with Crippen LogP contribution >= 0.6 is 0 Å². The molecule has 16 heavy (non-hydrogen) atoms. The van der Waals surface area contributed by atoms with E-state index in [1.807, 2.05) is 19.2 Å². The summed E-state index contributed by atoms with van der Waals surface area (Å²) < 4.78 is 23.8. The van der Waals surface area contributed by atoms with E-state index in [1.54, 1.807) is 12.1 Å². The van der Waals surface area contributed by atoms with Crippen LogP contribution < -0.4 is 5.32 Å². The minimum atomic E-state index is -3.01. The van der Waals surface area contributed by atoms with Gasteiger partial charge in [-0.2, -0.15) is 0 Å². The Morgan fingerprint density at radius 1 is 1.38 bits per heavy atom. The Kier molecular flexibility index (Phi) is 3.30. The molecule has 0 bridgehead atoms. The average Bonchev–Trinajstić information content (AvgIpc) is 2.52. The van der Waals surface area contributed by atoms with Crippen molar-refractivity contribution in [3.63, 3.8) is 0 Å². The zero-order valence-corrected chi connectivity index (χ0v) is 10.3. The van der Waals surface area contributed by atoms with Gasteiger partial charge in [0.15, 0.2) is 9.84 Å². The third-order valence-corrected chi connectivity index (χ3v) is 4.98. The first-order chi connectivity index (χ1) is 7.65. The van der Waals surface area contributed by atoms with Crippen molar-refractivity contribution in [2.45, 2.75) is 23.7 Å². The zero-order chi connectivity index (χ0) is 11.6. The van der Waals surface area contributed by atoms with Gasteiger partial charge in [0.25, 0.3) is 0 Å². The van der Waals surface area contributed by atoms with Crippen LogP contribution in [0.5, 0.6) is 0 Å². The standard InChI is InChI=1S/C12H17NO2S/c1-13-8-4-5-10-9-16(14,15)12-7-3-2-6-11(10)12/h2-3,6-7,10,13H,4-5,8-9H2,1H3. The van der Waals surface area contributed by atoms with Crippen molar-refractivity contribution in [3.8, 4) is 0 Å². The lowest BCUT2D eigenvalue weighted by atomic mass is 9.96. The number of fused-ring (bicyclic) bond motifs is 1. The Bertz CT molecular complexity index is 468. The van der Waals surface area contributed by atoms with E-state index in [9.17, 15) is 8.42 Å². The smallest absolute Gasteiger partial charge is 0.179 e. The van der Waals surface area contributed by atoms with Crippen LogP contribution in [-0.2, 0) is 9.84 Å². The summed E-state index contributed by atoms with van der Waals surface area (Å²) in [7, 11) is -1.10. The van der Waals surface area contributed by atoms with Crippen LogP contribution in [-0.4, -0.2) is 27.8 Å². The molecule has 0 aromatic heterocycles. The quantitative estimate of drug-likeness (QED) is 0.811. The van der Waals surface area contributed by atoms with Gasteiger partial charge < -0.3 is 5.32 Å². The third-order valence-electron chi connectivity index (χ3n) is 3.09. The van der Waals surface area contributed by atoms with Crippen LogP contribution in [0.3, 0.4) is 0 Å². The van der Waals surface area contributed by atoms with E-state index < -0.39 is 9.84 Å². The molecule has 2 rings (SSSR count). The van der Waals surface area contributed by atoms with Gasteiger partial charge in [0.05, 0.1) is 10.6 Å². The van der Waals surface area contributed by atoms with Gasteiger partial charge in [0.2, 0.25) is 0 Å². The molecule has 1 N–H and O–H groups in total. The molecule has 1 heterocycles. The van der Waals surface area contributed by atoms with Crippen LogP contribution in [0.4, 0.5) is 0 Å². The van der Waals surface area contributed by atoms with Crippen molar-refractivity contribution >= 4 is 9.84 Å². The van der Waals surface area contributed by atoms with Gasteiger partial charge >= 0.3 is 0 Å². The number of hydrogen-bond donors (Lipinski definition) is 1. The molecule has 0 fully saturated rings. The molecule has 0 amide bonds. The number of nitrogens with one attached hydrogen (secondary N) is 1. The fourth-order valence-corrected chi connectivity index (χ4v) is 4.24. The van der Waals surface area contributed by atoms with Gasteiger partial charge in [0, 0.05) is 0 Å². The lowest BCUT2D eigenvalue weighted by Crippen LogP contribution is -2.10. The van der Waals surface area contributed by atoms with E-state index in [2.05, 4.69) is 5.32 Å². The Hall–Kier alpha value is -0.870. The molecule has 0 saturated carbocycles. The second-order valence-corrected chi connectivity index (χ2v) is 6.26. The molecule has 1 aliphatic rings. The van der Waals surface area contributed by atoms with E-state index in [1.165, 1.54) is 0 Å². The van der Waals surface area contributed by atoms with Gasteiger partial charge in [0.1, 0.15) is 0 Å². The largest absolute Gasteiger partial charge is 0.320 e. The summed E-state index contributed by atoms with van der Waals surface area (Å²) in [6, 6.07) is 7.39. The highest BCUT2D eigenvalue weighted by molar-refractivity contribution is 7.91. The molecule has 0 spiro atoms. The maximum atomic E-state index is 11.9. The predicted molar refractivity (Wildman–Crippen MR) is 64.4 cm³/mol. The fraction of sp³-hybridized carbons (Fsp3) is 0.500. The molecule has 0 radical (unpaired) electrons. The van der Waals surface area contributed by atoms with Crippen molar-refractivity contribution in [2.75, 3.05) is 19.3 Å². The third kappa shape index (κ3) is 2.13. The Balaban J connectivity index is 2.20. The molecule has 0 aliphatic carbocycles. The molecule has 1 unspecified atom stereocenters. The molecule has 1 atom stereocenters. The highest BCUT2D eigenvalue weighted by Gasteiger charge is 2.33. The summed E-state index contributed by atoms with van der Waals surface area (Å²) in [6.45, 7) is 0.943. The molecule has 1 aliphatic heterocycles. The Morgan fingerprint density at radius 3 is 2.88 bits per heavy atom. The van der Waals surface area contributed by atoms with Crippen LogP contribution in [0.25, 0.3) is 0 Å². The summed E-state index contributed by atoms with van der Waals surface area (Å²) in [5.74, 6) is 0.477. The fourth-order valence-electron chi connectivity index (χ4n) is 2.31. The van der Waals surface area contributed by atoms with Gasteiger partial charge in [-0.15, -0.1) is 0 Å². The maximum Gasteiger partial charge on any atom is 0.179 e. The number of hydrogen-bond acceptors (Lipinski definition) is 3. The lowest BCUT2D eigenvalue weighted by molar-refractivity contribution is 0.586. The molecular weight excluding hydrogens is 222 g/mol. The van der Waals surface area contributed by atoms with Crippen molar-refractivity contribution < 1.29 is 8.42 Å². The monoisotopic (exact) mass is 239 g/mol. The Labute approximate surface area is 96.8 Å². The predicted octanol–water partition coefficient (Wildman–Crippen LogP) is 1.56. The van der Waals surface area contributed by atoms with E-state index in [-0.39, 0.29) is 11.7 Å². The van der Waals surface area contributed by atoms with Crippen LogP contribution in [0.2, 0.25) is 0 Å². The highest BCUT2D eigenvalue weighted by atomic mass is 32.2. The molecule has 0 saturated heterocycles. The van der Waals surface area contributed by atoms with E-state index >= 15 is 0 Å². The van der Waals surface area contributed by atoms with Crippen molar-refractivity contribution in [2.24, 2.45) is 0 Å². The summed E-state index contributed by atoms with van der Waals surface area (Å²) in [6.07, 6.45) is 1.96. The van der Waals surface area contributed by atoms with Gasteiger partial charge in [-0.1, -0.05) is 18.2 Å². The topological polar surface area (TPSA) is 46.2 Å². The number of benzene rings is 1. The first-order valence-electron chi connectivity index (χ1n) is 5.61. The molecule has 1 aromatic carbocycles. The minimum absolute atomic E-state index is 0.189. The average molecular weight is 239 g/mol. The molecular formula is C12H17NO2S. The van der Waals surface area contributed by atoms with E-state index in [0.717, 1.165) is 24.9 Å². The second kappa shape index (κ2) is 4.55. The zero-order valence-electron chi connectivity index (χ0n) is 9.44. The SMILES string of the molecule is CNCCCC1CS(=O)(=O)c2ccccc21. The van der Waals surface area contributed by atoms with E-state index in [0.29, 0.717) is 4.90 Å². The maximum absolute atomic E-state index is 11.9. The van der Waals surface area contributed by atoms with Crippen LogP contribution in [0.1, 0.15) is 24.3 Å². The molecule has 1 aromatic rings. The molecule has 4 heteroatoms. The number of sulfone groups is 1. The minimum Gasteiger partial charge on any atom is -0.320 e. The van der Waals surface area contributed by atoms with E-state index in [4.69, 9.17) is 0 Å². The Morgan fingerprint density at radius 2 is 2.12 bits per heavy atom. The summed E-state index contributed by atoms with van der Waals surface area (Å²) in [4.78, 5) is 0.546. The van der Waals surface area contributed by atoms with Crippen LogP contribution in [0, 0.1) is 0 Å². The second-order valence-electron chi connectivity index (χ2n) is 4.26. The first-order valence-corrected chi connectivity index (χ1v) is 7.26. The molecule has 88 valence electrons. The summed E-state index contributed by atoms with van der Waals surface area (Å²) >= 11 is 0. The lowest BCUT2D eigenvalue weighted by Gasteiger charge is -2.08. The van der Waals surface area contributed by atoms with Gasteiger partial charge in [-0.25, -0.2) is 8.42 Å². The highest BCUT2D eigenvalue weighted by Crippen LogP contribution is 2.37. The van der Waals surface area contributed by atoms with Crippen molar-refractivity contribution in [3.05, 3.63) is 29.8 Å². The van der Waals surface area contributed by atoms with Crippen molar-refractivity contribution in [1.29, 1.82) is 0 Å². The normalized spacial score (nSPS) is 21.9. The number of rotatable bonds is 4. The van der Waals surface area contributed by atoms with Crippen molar-refractivity contribution in [1.82, 2.24) is 5.32 Å². The van der Waals surface area contributed by atoms with Gasteiger partial charge in [-0.05, 0) is 44.0 Å². The summed E-state index contributed by atoms with van der Waals surface area (Å²) in [5.41, 5.74) is 1.01. The van der Waals surface area contributed by atoms with Gasteiger partial charge in [-0.3, -0.25) is 0 Å². The van der Waals surface area contributed by atoms with Crippen LogP contribution in [0.15, 0.2) is 29.2 Å².